The third-order valence-corrected chi connectivity index (χ3v) is 5.83. The summed E-state index contributed by atoms with van der Waals surface area (Å²) >= 11 is 3.02. The number of amides is 1. The molecular weight excluding hydrogens is 342 g/mol. The Kier molecular flexibility index (Phi) is 5.01. The summed E-state index contributed by atoms with van der Waals surface area (Å²) in [7, 11) is 0. The molecular formula is C17H23N3O2S2. The lowest BCUT2D eigenvalue weighted by atomic mass is 9.90. The van der Waals surface area contributed by atoms with Crippen LogP contribution in [0.5, 0.6) is 0 Å². The molecule has 24 heavy (non-hydrogen) atoms. The zero-order chi connectivity index (χ0) is 17.3. The number of aryl methyl sites for hydroxylation is 1. The van der Waals surface area contributed by atoms with E-state index in [2.05, 4.69) is 28.5 Å². The van der Waals surface area contributed by atoms with Gasteiger partial charge < -0.3 is 9.73 Å². The molecule has 2 heterocycles. The first-order chi connectivity index (χ1) is 11.3. The van der Waals surface area contributed by atoms with Crippen LogP contribution in [0.3, 0.4) is 0 Å². The first kappa shape index (κ1) is 17.5. The molecule has 0 aliphatic heterocycles. The van der Waals surface area contributed by atoms with Crippen LogP contribution in [-0.2, 0) is 17.6 Å². The van der Waals surface area contributed by atoms with Gasteiger partial charge in [0.05, 0.1) is 10.6 Å². The van der Waals surface area contributed by atoms with Crippen LogP contribution >= 0.6 is 23.1 Å². The van der Waals surface area contributed by atoms with Gasteiger partial charge in [0.25, 0.3) is 11.1 Å². The highest BCUT2D eigenvalue weighted by Crippen LogP contribution is 2.37. The molecule has 1 atom stereocenters. The number of carbonyl (C=O) groups is 1. The molecule has 2 aromatic heterocycles. The van der Waals surface area contributed by atoms with Crippen molar-refractivity contribution in [2.75, 3.05) is 5.75 Å². The molecule has 0 fully saturated rings. The highest BCUT2D eigenvalue weighted by atomic mass is 32.2. The number of aromatic nitrogens is 2. The van der Waals surface area contributed by atoms with Crippen molar-refractivity contribution in [3.05, 3.63) is 16.5 Å². The number of carbonyl (C=O) groups excluding carboxylic acids is 1. The summed E-state index contributed by atoms with van der Waals surface area (Å²) in [6.07, 6.45) is 3.53. The SMILES string of the molecule is CC1CCc2sc(-c3nnc(SCC(=O)NC(C)(C)C)o3)cc2C1. The lowest BCUT2D eigenvalue weighted by Crippen LogP contribution is -2.41. The van der Waals surface area contributed by atoms with Gasteiger partial charge in [-0.05, 0) is 57.6 Å². The summed E-state index contributed by atoms with van der Waals surface area (Å²) in [5, 5.41) is 11.6. The molecule has 1 unspecified atom stereocenters. The van der Waals surface area contributed by atoms with Crippen LogP contribution < -0.4 is 5.32 Å². The van der Waals surface area contributed by atoms with Crippen molar-refractivity contribution >= 4 is 29.0 Å². The molecule has 1 aliphatic carbocycles. The van der Waals surface area contributed by atoms with Crippen molar-refractivity contribution in [1.29, 1.82) is 0 Å². The van der Waals surface area contributed by atoms with Gasteiger partial charge in [-0.1, -0.05) is 18.7 Å². The number of thioether (sulfide) groups is 1. The number of hydrogen-bond donors (Lipinski definition) is 1. The van der Waals surface area contributed by atoms with Gasteiger partial charge in [-0.25, -0.2) is 0 Å². The summed E-state index contributed by atoms with van der Waals surface area (Å²) in [4.78, 5) is 14.3. The summed E-state index contributed by atoms with van der Waals surface area (Å²) in [6, 6.07) is 2.18. The molecule has 7 heteroatoms. The van der Waals surface area contributed by atoms with Crippen molar-refractivity contribution in [2.24, 2.45) is 5.92 Å². The maximum absolute atomic E-state index is 11.9. The van der Waals surface area contributed by atoms with Crippen molar-refractivity contribution in [3.63, 3.8) is 0 Å². The van der Waals surface area contributed by atoms with Gasteiger partial charge in [-0.3, -0.25) is 4.79 Å². The topological polar surface area (TPSA) is 68.0 Å². The second-order valence-electron chi connectivity index (χ2n) is 7.37. The van der Waals surface area contributed by atoms with Crippen LogP contribution in [0.25, 0.3) is 10.8 Å². The molecule has 0 spiro atoms. The minimum atomic E-state index is -0.231. The summed E-state index contributed by atoms with van der Waals surface area (Å²) < 4.78 is 5.73. The molecule has 5 nitrogen and oxygen atoms in total. The Hall–Kier alpha value is -1.34. The van der Waals surface area contributed by atoms with Gasteiger partial charge in [0.15, 0.2) is 0 Å². The Bertz CT molecular complexity index is 731. The van der Waals surface area contributed by atoms with E-state index in [0.717, 1.165) is 23.6 Å². The minimum absolute atomic E-state index is 0.0344. The van der Waals surface area contributed by atoms with E-state index in [1.165, 1.54) is 28.6 Å². The first-order valence-corrected chi connectivity index (χ1v) is 9.99. The molecule has 0 saturated heterocycles. The third kappa shape index (κ3) is 4.39. The number of hydrogen-bond acceptors (Lipinski definition) is 6. The standard InChI is InChI=1S/C17H23N3O2S2/c1-10-5-6-12-11(7-10)8-13(24-12)15-19-20-16(22-15)23-9-14(21)18-17(2,3)4/h8,10H,5-7,9H2,1-4H3,(H,18,21). The molecule has 0 saturated carbocycles. The number of nitrogens with zero attached hydrogens (tertiary/aromatic N) is 2. The molecule has 2 aromatic rings. The quantitative estimate of drug-likeness (QED) is 0.832. The molecule has 1 N–H and O–H groups in total. The average molecular weight is 366 g/mol. The lowest BCUT2D eigenvalue weighted by Gasteiger charge is -2.19. The summed E-state index contributed by atoms with van der Waals surface area (Å²) in [5.74, 6) is 1.54. The second kappa shape index (κ2) is 6.88. The molecule has 130 valence electrons. The predicted octanol–water partition coefficient (Wildman–Crippen LogP) is 3.93. The normalized spacial score (nSPS) is 17.6. The van der Waals surface area contributed by atoms with E-state index in [9.17, 15) is 4.79 Å². The fraction of sp³-hybridized carbons (Fsp3) is 0.588. The van der Waals surface area contributed by atoms with E-state index in [1.807, 2.05) is 20.8 Å². The molecule has 3 rings (SSSR count). The van der Waals surface area contributed by atoms with Crippen LogP contribution in [-0.4, -0.2) is 27.4 Å². The molecule has 1 amide bonds. The van der Waals surface area contributed by atoms with Gasteiger partial charge in [-0.2, -0.15) is 0 Å². The summed E-state index contributed by atoms with van der Waals surface area (Å²) in [5.41, 5.74) is 1.19. The van der Waals surface area contributed by atoms with Crippen molar-refractivity contribution in [1.82, 2.24) is 15.5 Å². The van der Waals surface area contributed by atoms with Crippen LogP contribution in [0.1, 0.15) is 44.6 Å². The number of rotatable bonds is 4. The van der Waals surface area contributed by atoms with E-state index in [4.69, 9.17) is 4.42 Å². The second-order valence-corrected chi connectivity index (χ2v) is 9.43. The number of thiophene rings is 1. The van der Waals surface area contributed by atoms with Gasteiger partial charge >= 0.3 is 0 Å². The highest BCUT2D eigenvalue weighted by Gasteiger charge is 2.21. The zero-order valence-electron chi connectivity index (χ0n) is 14.5. The molecule has 0 aromatic carbocycles. The molecule has 1 aliphatic rings. The monoisotopic (exact) mass is 365 g/mol. The average Bonchev–Trinajstić information content (AvgIpc) is 3.08. The van der Waals surface area contributed by atoms with Crippen molar-refractivity contribution < 1.29 is 9.21 Å². The maximum Gasteiger partial charge on any atom is 0.277 e. The van der Waals surface area contributed by atoms with Gasteiger partial charge in [0.1, 0.15) is 0 Å². The fourth-order valence-electron chi connectivity index (χ4n) is 2.76. The minimum Gasteiger partial charge on any atom is -0.410 e. The Morgan fingerprint density at radius 1 is 1.46 bits per heavy atom. The first-order valence-electron chi connectivity index (χ1n) is 8.19. The van der Waals surface area contributed by atoms with Crippen LogP contribution in [0.4, 0.5) is 0 Å². The molecule has 0 radical (unpaired) electrons. The van der Waals surface area contributed by atoms with Crippen LogP contribution in [0, 0.1) is 5.92 Å². The Labute approximate surface area is 150 Å². The van der Waals surface area contributed by atoms with E-state index in [0.29, 0.717) is 11.1 Å². The van der Waals surface area contributed by atoms with Crippen LogP contribution in [0.15, 0.2) is 15.7 Å². The smallest absolute Gasteiger partial charge is 0.277 e. The van der Waals surface area contributed by atoms with E-state index < -0.39 is 0 Å². The van der Waals surface area contributed by atoms with Gasteiger partial charge in [0, 0.05) is 10.4 Å². The van der Waals surface area contributed by atoms with Gasteiger partial charge in [0.2, 0.25) is 5.91 Å². The third-order valence-electron chi connectivity index (χ3n) is 3.79. The summed E-state index contributed by atoms with van der Waals surface area (Å²) in [6.45, 7) is 8.17. The molecule has 0 bridgehead atoms. The van der Waals surface area contributed by atoms with Crippen molar-refractivity contribution in [2.45, 2.75) is 57.7 Å². The van der Waals surface area contributed by atoms with E-state index >= 15 is 0 Å². The highest BCUT2D eigenvalue weighted by molar-refractivity contribution is 7.99. The van der Waals surface area contributed by atoms with Crippen LogP contribution in [0.2, 0.25) is 0 Å². The number of fused-ring (bicyclic) bond motifs is 1. The lowest BCUT2D eigenvalue weighted by molar-refractivity contribution is -0.119. The predicted molar refractivity (Wildman–Crippen MR) is 97.4 cm³/mol. The Balaban J connectivity index is 1.63. The zero-order valence-corrected chi connectivity index (χ0v) is 16.1. The van der Waals surface area contributed by atoms with E-state index in [-0.39, 0.29) is 17.2 Å². The van der Waals surface area contributed by atoms with Crippen molar-refractivity contribution in [3.8, 4) is 10.8 Å². The number of nitrogens with one attached hydrogen (secondary N) is 1. The largest absolute Gasteiger partial charge is 0.410 e. The Morgan fingerprint density at radius 3 is 3.00 bits per heavy atom. The van der Waals surface area contributed by atoms with E-state index in [1.54, 1.807) is 11.3 Å². The van der Waals surface area contributed by atoms with Gasteiger partial charge in [-0.15, -0.1) is 21.5 Å². The fourth-order valence-corrected chi connectivity index (χ4v) is 4.45. The maximum atomic E-state index is 11.9. The Morgan fingerprint density at radius 2 is 2.25 bits per heavy atom.